The smallest absolute Gasteiger partial charge is 0.477 e. The number of ether oxygens (including phenoxy) is 2. The van der Waals surface area contributed by atoms with Gasteiger partial charge in [-0.25, -0.2) is 4.79 Å². The molecule has 0 aliphatic carbocycles. The molecule has 1 aromatic heterocycles. The van der Waals surface area contributed by atoms with Gasteiger partial charge in [-0.1, -0.05) is 0 Å². The molecule has 1 aromatic carbocycles. The molecule has 8 heteroatoms. The lowest BCUT2D eigenvalue weighted by atomic mass is 10.1. The van der Waals surface area contributed by atoms with E-state index in [0.29, 0.717) is 5.56 Å². The summed E-state index contributed by atoms with van der Waals surface area (Å²) in [7, 11) is 0. The van der Waals surface area contributed by atoms with E-state index in [-0.39, 0.29) is 17.2 Å². The molecular formula is C13H7F2NO5. The summed E-state index contributed by atoms with van der Waals surface area (Å²) in [6.07, 6.45) is -3.72. The molecule has 2 heterocycles. The highest BCUT2D eigenvalue weighted by Crippen LogP contribution is 2.42. The van der Waals surface area contributed by atoms with Crippen LogP contribution in [-0.2, 0) is 0 Å². The van der Waals surface area contributed by atoms with E-state index < -0.39 is 23.4 Å². The van der Waals surface area contributed by atoms with Crippen LogP contribution in [0.2, 0.25) is 0 Å². The summed E-state index contributed by atoms with van der Waals surface area (Å²) in [5.74, 6) is -1.64. The second kappa shape index (κ2) is 4.30. The molecule has 0 atom stereocenters. The summed E-state index contributed by atoms with van der Waals surface area (Å²) in [5.41, 5.74) is -0.551. The summed E-state index contributed by atoms with van der Waals surface area (Å²) in [5, 5.41) is 8.77. The fourth-order valence-electron chi connectivity index (χ4n) is 1.93. The topological polar surface area (TPSA) is 88.6 Å². The van der Waals surface area contributed by atoms with Crippen LogP contribution in [0.3, 0.4) is 0 Å². The Morgan fingerprint density at radius 3 is 2.52 bits per heavy atom. The summed E-state index contributed by atoms with van der Waals surface area (Å²) in [4.78, 5) is 24.7. The molecule has 1 aliphatic rings. The Hall–Kier alpha value is -2.90. The van der Waals surface area contributed by atoms with E-state index in [1.807, 2.05) is 0 Å². The number of aromatic amines is 1. The van der Waals surface area contributed by atoms with Crippen molar-refractivity contribution in [2.45, 2.75) is 6.29 Å². The van der Waals surface area contributed by atoms with Crippen LogP contribution >= 0.6 is 0 Å². The summed E-state index contributed by atoms with van der Waals surface area (Å²) in [6, 6.07) is 6.47. The third-order valence-electron chi connectivity index (χ3n) is 2.85. The predicted octanol–water partition coefficient (Wildman–Crippen LogP) is 2.06. The minimum Gasteiger partial charge on any atom is -0.477 e. The van der Waals surface area contributed by atoms with Crippen molar-refractivity contribution in [3.05, 3.63) is 46.2 Å². The largest absolute Gasteiger partial charge is 0.586 e. The number of alkyl halides is 2. The van der Waals surface area contributed by atoms with Crippen molar-refractivity contribution >= 4 is 5.97 Å². The second-order valence-corrected chi connectivity index (χ2v) is 4.25. The van der Waals surface area contributed by atoms with Crippen molar-refractivity contribution < 1.29 is 28.2 Å². The van der Waals surface area contributed by atoms with Gasteiger partial charge in [0.05, 0.1) is 0 Å². The number of pyridine rings is 1. The molecule has 0 unspecified atom stereocenters. The van der Waals surface area contributed by atoms with Gasteiger partial charge in [0, 0.05) is 11.3 Å². The molecule has 0 fully saturated rings. The molecular weight excluding hydrogens is 288 g/mol. The van der Waals surface area contributed by atoms with E-state index in [1.54, 1.807) is 0 Å². The SMILES string of the molecule is O=C(O)c1ccc(-c2ccc3c(c2)OC(F)(F)O3)[nH]c1=O. The zero-order valence-electron chi connectivity index (χ0n) is 10.2. The number of hydrogen-bond acceptors (Lipinski definition) is 4. The number of benzene rings is 1. The van der Waals surface area contributed by atoms with Gasteiger partial charge in [0.2, 0.25) is 0 Å². The van der Waals surface area contributed by atoms with Crippen molar-refractivity contribution in [2.75, 3.05) is 0 Å². The summed E-state index contributed by atoms with van der Waals surface area (Å²) >= 11 is 0. The number of H-pyrrole nitrogens is 1. The Kier molecular flexibility index (Phi) is 2.68. The lowest BCUT2D eigenvalue weighted by Crippen LogP contribution is -2.25. The predicted molar refractivity (Wildman–Crippen MR) is 65.7 cm³/mol. The van der Waals surface area contributed by atoms with E-state index in [9.17, 15) is 18.4 Å². The molecule has 0 saturated heterocycles. The highest BCUT2D eigenvalue weighted by Gasteiger charge is 2.43. The normalized spacial score (nSPS) is 15.0. The number of fused-ring (bicyclic) bond motifs is 1. The number of aromatic nitrogens is 1. The number of hydrogen-bond donors (Lipinski definition) is 2. The number of rotatable bonds is 2. The van der Waals surface area contributed by atoms with Gasteiger partial charge in [-0.05, 0) is 30.3 Å². The number of carboxylic acid groups (broad SMARTS) is 1. The third-order valence-corrected chi connectivity index (χ3v) is 2.85. The van der Waals surface area contributed by atoms with E-state index in [2.05, 4.69) is 14.5 Å². The Morgan fingerprint density at radius 1 is 1.14 bits per heavy atom. The van der Waals surface area contributed by atoms with Gasteiger partial charge in [0.15, 0.2) is 11.5 Å². The van der Waals surface area contributed by atoms with Crippen molar-refractivity contribution in [1.82, 2.24) is 4.98 Å². The second-order valence-electron chi connectivity index (χ2n) is 4.25. The average molecular weight is 295 g/mol. The molecule has 0 bridgehead atoms. The maximum Gasteiger partial charge on any atom is 0.586 e. The van der Waals surface area contributed by atoms with Crippen molar-refractivity contribution in [3.63, 3.8) is 0 Å². The number of halogens is 2. The maximum atomic E-state index is 12.9. The maximum absolute atomic E-state index is 12.9. The molecule has 6 nitrogen and oxygen atoms in total. The first-order chi connectivity index (χ1) is 9.85. The molecule has 108 valence electrons. The molecule has 0 radical (unpaired) electrons. The lowest BCUT2D eigenvalue weighted by molar-refractivity contribution is -0.286. The Balaban J connectivity index is 2.02. The average Bonchev–Trinajstić information content (AvgIpc) is 2.70. The van der Waals surface area contributed by atoms with Gasteiger partial charge >= 0.3 is 12.3 Å². The van der Waals surface area contributed by atoms with Crippen LogP contribution < -0.4 is 15.0 Å². The van der Waals surface area contributed by atoms with Crippen molar-refractivity contribution in [3.8, 4) is 22.8 Å². The van der Waals surface area contributed by atoms with E-state index in [4.69, 9.17) is 5.11 Å². The van der Waals surface area contributed by atoms with Crippen LogP contribution in [0.25, 0.3) is 11.3 Å². The van der Waals surface area contributed by atoms with Crippen LogP contribution in [-0.4, -0.2) is 22.4 Å². The van der Waals surface area contributed by atoms with Crippen LogP contribution in [0.15, 0.2) is 35.1 Å². The minimum absolute atomic E-state index is 0.117. The highest BCUT2D eigenvalue weighted by atomic mass is 19.3. The number of carboxylic acids is 1. The van der Waals surface area contributed by atoms with E-state index >= 15 is 0 Å². The first kappa shape index (κ1) is 13.1. The zero-order valence-corrected chi connectivity index (χ0v) is 10.2. The van der Waals surface area contributed by atoms with Gasteiger partial charge < -0.3 is 19.6 Å². The highest BCUT2D eigenvalue weighted by molar-refractivity contribution is 5.87. The zero-order chi connectivity index (χ0) is 15.2. The number of aromatic carboxylic acids is 1. The van der Waals surface area contributed by atoms with Gasteiger partial charge in [0.1, 0.15) is 5.56 Å². The monoisotopic (exact) mass is 295 g/mol. The number of carbonyl (C=O) groups is 1. The lowest BCUT2D eigenvalue weighted by Gasteiger charge is -2.04. The molecule has 0 spiro atoms. The molecule has 2 N–H and O–H groups in total. The molecule has 0 saturated carbocycles. The van der Waals surface area contributed by atoms with E-state index in [0.717, 1.165) is 6.07 Å². The summed E-state index contributed by atoms with van der Waals surface area (Å²) in [6.45, 7) is 0. The number of nitrogens with one attached hydrogen (secondary N) is 1. The first-order valence-corrected chi connectivity index (χ1v) is 5.73. The molecule has 2 aromatic rings. The van der Waals surface area contributed by atoms with Gasteiger partial charge in [-0.15, -0.1) is 8.78 Å². The quantitative estimate of drug-likeness (QED) is 0.885. The fourth-order valence-corrected chi connectivity index (χ4v) is 1.93. The van der Waals surface area contributed by atoms with Gasteiger partial charge in [-0.3, -0.25) is 4.79 Å². The van der Waals surface area contributed by atoms with Crippen molar-refractivity contribution in [1.29, 1.82) is 0 Å². The third kappa shape index (κ3) is 2.31. The Bertz CT molecular complexity index is 799. The Morgan fingerprint density at radius 2 is 1.86 bits per heavy atom. The molecule has 21 heavy (non-hydrogen) atoms. The first-order valence-electron chi connectivity index (χ1n) is 5.73. The van der Waals surface area contributed by atoms with Crippen LogP contribution in [0.4, 0.5) is 8.78 Å². The fraction of sp³-hybridized carbons (Fsp3) is 0.0769. The Labute approximate surface area is 115 Å². The molecule has 0 amide bonds. The summed E-state index contributed by atoms with van der Waals surface area (Å²) < 4.78 is 34.4. The minimum atomic E-state index is -3.72. The van der Waals surface area contributed by atoms with Crippen LogP contribution in [0, 0.1) is 0 Å². The van der Waals surface area contributed by atoms with Crippen molar-refractivity contribution in [2.24, 2.45) is 0 Å². The van der Waals surface area contributed by atoms with Crippen LogP contribution in [0.1, 0.15) is 10.4 Å². The molecule has 1 aliphatic heterocycles. The standard InChI is InChI=1S/C13H7F2NO5/c14-13(15)20-9-4-1-6(5-10(9)21-13)8-3-2-7(12(18)19)11(17)16-8/h1-5H,(H,16,17)(H,18,19). The van der Waals surface area contributed by atoms with Gasteiger partial charge in [0.25, 0.3) is 5.56 Å². The van der Waals surface area contributed by atoms with Crippen LogP contribution in [0.5, 0.6) is 11.5 Å². The van der Waals surface area contributed by atoms with Gasteiger partial charge in [-0.2, -0.15) is 0 Å². The molecule has 3 rings (SSSR count). The van der Waals surface area contributed by atoms with E-state index in [1.165, 1.54) is 24.3 Å².